The molecule has 0 saturated carbocycles. The Morgan fingerprint density at radius 2 is 1.73 bits per heavy atom. The minimum absolute atomic E-state index is 0. The highest BCUT2D eigenvalue weighted by Crippen LogP contribution is 2.29. The number of aromatic nitrogens is 1. The Bertz CT molecular complexity index is 952. The predicted molar refractivity (Wildman–Crippen MR) is 126 cm³/mol. The molecule has 0 amide bonds. The summed E-state index contributed by atoms with van der Waals surface area (Å²) in [5.41, 5.74) is 3.11. The highest BCUT2D eigenvalue weighted by Gasteiger charge is 2.07. The second kappa shape index (κ2) is 12.2. The zero-order chi connectivity index (χ0) is 20.6. The van der Waals surface area contributed by atoms with Gasteiger partial charge in [-0.25, -0.2) is 4.98 Å². The van der Waals surface area contributed by atoms with Crippen LogP contribution >= 0.6 is 47.2 Å². The van der Waals surface area contributed by atoms with E-state index in [1.54, 1.807) is 25.4 Å². The van der Waals surface area contributed by atoms with Crippen molar-refractivity contribution >= 4 is 47.2 Å². The van der Waals surface area contributed by atoms with Gasteiger partial charge in [0.1, 0.15) is 11.8 Å². The number of ether oxygens (including phenoxy) is 2. The molecule has 0 spiro atoms. The van der Waals surface area contributed by atoms with Crippen LogP contribution in [-0.4, -0.2) is 18.6 Å². The molecule has 0 aliphatic heterocycles. The van der Waals surface area contributed by atoms with E-state index in [0.29, 0.717) is 39.8 Å². The summed E-state index contributed by atoms with van der Waals surface area (Å²) >= 11 is 17.9. The van der Waals surface area contributed by atoms with Gasteiger partial charge in [0.25, 0.3) is 0 Å². The van der Waals surface area contributed by atoms with Crippen LogP contribution in [-0.2, 0) is 19.6 Å². The molecule has 30 heavy (non-hydrogen) atoms. The Kier molecular flexibility index (Phi) is 10.0. The first-order valence-electron chi connectivity index (χ1n) is 9.10. The molecule has 0 atom stereocenters. The van der Waals surface area contributed by atoms with Crippen molar-refractivity contribution in [1.82, 2.24) is 10.3 Å². The fraction of sp³-hybridized carbons (Fsp3) is 0.227. The standard InChI is InChI=1S/C22H21Cl3N2O2.ClH/c1-28-21-10-15(12-26-9-8-17-4-5-18(23)11-19(17)24)2-6-20(21)29-14-16-3-7-22(25)27-13-16;/h2-7,10-11,13,26H,8-9,12,14H2,1H3;1H. The third-order valence-corrected chi connectivity index (χ3v) is 5.14. The van der Waals surface area contributed by atoms with Gasteiger partial charge >= 0.3 is 0 Å². The van der Waals surface area contributed by atoms with Gasteiger partial charge in [0, 0.05) is 28.4 Å². The average Bonchev–Trinajstić information content (AvgIpc) is 2.72. The quantitative estimate of drug-likeness (QED) is 0.280. The summed E-state index contributed by atoms with van der Waals surface area (Å²) in [4.78, 5) is 4.05. The SMILES string of the molecule is COc1cc(CNCCc2ccc(Cl)cc2Cl)ccc1OCc1ccc(Cl)nc1.Cl. The molecule has 0 fully saturated rings. The monoisotopic (exact) mass is 486 g/mol. The minimum Gasteiger partial charge on any atom is -0.493 e. The van der Waals surface area contributed by atoms with Crippen LogP contribution < -0.4 is 14.8 Å². The molecule has 4 nitrogen and oxygen atoms in total. The van der Waals surface area contributed by atoms with E-state index < -0.39 is 0 Å². The van der Waals surface area contributed by atoms with Crippen molar-refractivity contribution in [1.29, 1.82) is 0 Å². The van der Waals surface area contributed by atoms with Gasteiger partial charge in [-0.1, -0.05) is 53.0 Å². The summed E-state index contributed by atoms with van der Waals surface area (Å²) in [6, 6.07) is 15.1. The molecule has 2 aromatic carbocycles. The number of nitrogens with zero attached hydrogens (tertiary/aromatic N) is 1. The molecule has 0 aliphatic carbocycles. The van der Waals surface area contributed by atoms with Gasteiger partial charge in [0.05, 0.1) is 7.11 Å². The van der Waals surface area contributed by atoms with E-state index in [1.807, 2.05) is 36.4 Å². The topological polar surface area (TPSA) is 43.4 Å². The first kappa shape index (κ1) is 24.6. The number of hydrogen-bond donors (Lipinski definition) is 1. The van der Waals surface area contributed by atoms with Crippen molar-refractivity contribution < 1.29 is 9.47 Å². The second-order valence-corrected chi connectivity index (χ2v) is 7.66. The van der Waals surface area contributed by atoms with Crippen LogP contribution in [0.4, 0.5) is 0 Å². The van der Waals surface area contributed by atoms with Crippen molar-refractivity contribution in [3.63, 3.8) is 0 Å². The molecule has 1 aromatic heterocycles. The molecule has 160 valence electrons. The molecule has 1 heterocycles. The maximum absolute atomic E-state index is 6.21. The normalized spacial score (nSPS) is 10.4. The number of rotatable bonds is 9. The fourth-order valence-electron chi connectivity index (χ4n) is 2.77. The molecule has 0 aliphatic rings. The number of halogens is 4. The highest BCUT2D eigenvalue weighted by molar-refractivity contribution is 6.35. The van der Waals surface area contributed by atoms with E-state index >= 15 is 0 Å². The second-order valence-electron chi connectivity index (χ2n) is 6.43. The lowest BCUT2D eigenvalue weighted by Crippen LogP contribution is -2.16. The largest absolute Gasteiger partial charge is 0.493 e. The van der Waals surface area contributed by atoms with Crippen LogP contribution in [0, 0.1) is 0 Å². The lowest BCUT2D eigenvalue weighted by molar-refractivity contribution is 0.284. The van der Waals surface area contributed by atoms with Gasteiger partial charge in [-0.3, -0.25) is 0 Å². The summed E-state index contributed by atoms with van der Waals surface area (Å²) in [5, 5.41) is 5.22. The van der Waals surface area contributed by atoms with Crippen molar-refractivity contribution in [2.75, 3.05) is 13.7 Å². The Balaban J connectivity index is 0.00000320. The minimum atomic E-state index is 0. The zero-order valence-corrected chi connectivity index (χ0v) is 19.4. The van der Waals surface area contributed by atoms with E-state index in [2.05, 4.69) is 10.3 Å². The Hall–Kier alpha value is -1.69. The highest BCUT2D eigenvalue weighted by atomic mass is 35.5. The Labute approximate surface area is 197 Å². The molecule has 3 aromatic rings. The van der Waals surface area contributed by atoms with Crippen LogP contribution in [0.2, 0.25) is 15.2 Å². The molecule has 3 rings (SSSR count). The smallest absolute Gasteiger partial charge is 0.161 e. The van der Waals surface area contributed by atoms with E-state index in [-0.39, 0.29) is 12.4 Å². The van der Waals surface area contributed by atoms with E-state index in [9.17, 15) is 0 Å². The summed E-state index contributed by atoms with van der Waals surface area (Å²) in [5.74, 6) is 1.37. The molecule has 0 unspecified atom stereocenters. The maximum Gasteiger partial charge on any atom is 0.161 e. The van der Waals surface area contributed by atoms with Gasteiger partial charge < -0.3 is 14.8 Å². The van der Waals surface area contributed by atoms with Crippen molar-refractivity contribution in [2.24, 2.45) is 0 Å². The fourth-order valence-corrected chi connectivity index (χ4v) is 3.39. The third-order valence-electron chi connectivity index (χ3n) is 4.33. The van der Waals surface area contributed by atoms with Gasteiger partial charge in [-0.2, -0.15) is 0 Å². The van der Waals surface area contributed by atoms with Crippen molar-refractivity contribution in [3.05, 3.63) is 86.6 Å². The molecule has 1 N–H and O–H groups in total. The van der Waals surface area contributed by atoms with Gasteiger partial charge in [-0.05, 0) is 54.4 Å². The van der Waals surface area contributed by atoms with Crippen LogP contribution in [0.3, 0.4) is 0 Å². The van der Waals surface area contributed by atoms with Gasteiger partial charge in [0.2, 0.25) is 0 Å². The number of pyridine rings is 1. The number of nitrogens with one attached hydrogen (secondary N) is 1. The first-order chi connectivity index (χ1) is 14.0. The summed E-state index contributed by atoms with van der Waals surface area (Å²) in [6.07, 6.45) is 2.52. The predicted octanol–water partition coefficient (Wildman–Crippen LogP) is 6.38. The van der Waals surface area contributed by atoms with Gasteiger partial charge in [0.15, 0.2) is 11.5 Å². The molecular weight excluding hydrogens is 466 g/mol. The lowest BCUT2D eigenvalue weighted by Gasteiger charge is -2.13. The van der Waals surface area contributed by atoms with Crippen LogP contribution in [0.5, 0.6) is 11.5 Å². The van der Waals surface area contributed by atoms with Gasteiger partial charge in [-0.15, -0.1) is 12.4 Å². The summed E-state index contributed by atoms with van der Waals surface area (Å²) in [6.45, 7) is 1.90. The molecule has 0 saturated heterocycles. The first-order valence-corrected chi connectivity index (χ1v) is 10.2. The summed E-state index contributed by atoms with van der Waals surface area (Å²) in [7, 11) is 1.63. The Morgan fingerprint density at radius 1 is 0.933 bits per heavy atom. The lowest BCUT2D eigenvalue weighted by atomic mass is 10.1. The number of benzene rings is 2. The molecule has 0 bridgehead atoms. The molecule has 0 radical (unpaired) electrons. The van der Waals surface area contributed by atoms with E-state index in [0.717, 1.165) is 29.7 Å². The maximum atomic E-state index is 6.21. The van der Waals surface area contributed by atoms with Crippen LogP contribution in [0.25, 0.3) is 0 Å². The third kappa shape index (κ3) is 7.22. The Morgan fingerprint density at radius 3 is 2.43 bits per heavy atom. The van der Waals surface area contributed by atoms with Crippen LogP contribution in [0.1, 0.15) is 16.7 Å². The van der Waals surface area contributed by atoms with Crippen LogP contribution in [0.15, 0.2) is 54.7 Å². The molecule has 8 heteroatoms. The van der Waals surface area contributed by atoms with E-state index in [4.69, 9.17) is 44.3 Å². The average molecular weight is 488 g/mol. The zero-order valence-electron chi connectivity index (χ0n) is 16.3. The van der Waals surface area contributed by atoms with Crippen molar-refractivity contribution in [3.8, 4) is 11.5 Å². The molecular formula is C22H22Cl4N2O2. The van der Waals surface area contributed by atoms with E-state index in [1.165, 1.54) is 0 Å². The van der Waals surface area contributed by atoms with Crippen molar-refractivity contribution in [2.45, 2.75) is 19.6 Å². The number of hydrogen-bond acceptors (Lipinski definition) is 4. The number of methoxy groups -OCH3 is 1. The summed E-state index contributed by atoms with van der Waals surface area (Å²) < 4.78 is 11.3.